The topological polar surface area (TPSA) is 43.8 Å². The number of benzene rings is 1. The molecule has 0 saturated heterocycles. The van der Waals surface area contributed by atoms with Crippen molar-refractivity contribution in [1.29, 1.82) is 0 Å². The lowest BCUT2D eigenvalue weighted by Crippen LogP contribution is -2.04. The predicted molar refractivity (Wildman–Crippen MR) is 81.8 cm³/mol. The zero-order chi connectivity index (χ0) is 13.8. The van der Waals surface area contributed by atoms with Gasteiger partial charge in [0.2, 0.25) is 0 Å². The van der Waals surface area contributed by atoms with Crippen molar-refractivity contribution in [2.24, 2.45) is 5.73 Å². The Labute approximate surface area is 119 Å². The average Bonchev–Trinajstić information content (AvgIpc) is 2.75. The second kappa shape index (κ2) is 6.26. The van der Waals surface area contributed by atoms with Crippen molar-refractivity contribution < 1.29 is 0 Å². The molecule has 1 aromatic heterocycles. The van der Waals surface area contributed by atoms with Crippen molar-refractivity contribution in [3.05, 3.63) is 41.6 Å². The quantitative estimate of drug-likeness (QED) is 0.849. The minimum absolute atomic E-state index is 0.539. The summed E-state index contributed by atoms with van der Waals surface area (Å²) in [7, 11) is 0. The minimum Gasteiger partial charge on any atom is -0.326 e. The standard InChI is InChI=1S/C15H21N3S/c1-4-11(2)19-15-14(10-16)12(3)17-18(15)13-8-6-5-7-9-13/h5-9,11H,4,10,16H2,1-3H3. The lowest BCUT2D eigenvalue weighted by atomic mass is 10.3. The Bertz CT molecular complexity index is 534. The highest BCUT2D eigenvalue weighted by Gasteiger charge is 2.17. The van der Waals surface area contributed by atoms with Gasteiger partial charge in [-0.15, -0.1) is 11.8 Å². The summed E-state index contributed by atoms with van der Waals surface area (Å²) in [6.45, 7) is 7.01. The van der Waals surface area contributed by atoms with Crippen LogP contribution in [0.1, 0.15) is 31.5 Å². The highest BCUT2D eigenvalue weighted by molar-refractivity contribution is 7.99. The normalized spacial score (nSPS) is 12.6. The number of thioether (sulfide) groups is 1. The van der Waals surface area contributed by atoms with E-state index >= 15 is 0 Å². The third-order valence-corrected chi connectivity index (χ3v) is 4.61. The Kier molecular flexibility index (Phi) is 4.66. The Morgan fingerprint density at radius 1 is 1.32 bits per heavy atom. The third-order valence-electron chi connectivity index (χ3n) is 3.23. The van der Waals surface area contributed by atoms with Gasteiger partial charge in [0.05, 0.1) is 11.4 Å². The van der Waals surface area contributed by atoms with E-state index < -0.39 is 0 Å². The molecular formula is C15H21N3S. The highest BCUT2D eigenvalue weighted by atomic mass is 32.2. The first-order chi connectivity index (χ1) is 9.17. The van der Waals surface area contributed by atoms with E-state index in [1.54, 1.807) is 0 Å². The monoisotopic (exact) mass is 275 g/mol. The first kappa shape index (κ1) is 14.2. The average molecular weight is 275 g/mol. The van der Waals surface area contributed by atoms with Gasteiger partial charge < -0.3 is 5.73 Å². The van der Waals surface area contributed by atoms with Crippen molar-refractivity contribution in [2.75, 3.05) is 0 Å². The maximum Gasteiger partial charge on any atom is 0.105 e. The van der Waals surface area contributed by atoms with Crippen LogP contribution in [-0.4, -0.2) is 15.0 Å². The van der Waals surface area contributed by atoms with E-state index in [-0.39, 0.29) is 0 Å². The van der Waals surface area contributed by atoms with E-state index in [0.717, 1.165) is 23.4 Å². The number of hydrogen-bond acceptors (Lipinski definition) is 3. The van der Waals surface area contributed by atoms with E-state index in [4.69, 9.17) is 5.73 Å². The summed E-state index contributed by atoms with van der Waals surface area (Å²) in [5.74, 6) is 0. The van der Waals surface area contributed by atoms with Gasteiger partial charge in [-0.25, -0.2) is 4.68 Å². The van der Waals surface area contributed by atoms with E-state index in [0.29, 0.717) is 11.8 Å². The van der Waals surface area contributed by atoms with Gasteiger partial charge in [-0.1, -0.05) is 32.0 Å². The van der Waals surface area contributed by atoms with Crippen molar-refractivity contribution in [3.63, 3.8) is 0 Å². The molecule has 4 heteroatoms. The molecule has 102 valence electrons. The first-order valence-corrected chi connectivity index (χ1v) is 7.56. The first-order valence-electron chi connectivity index (χ1n) is 6.68. The van der Waals surface area contributed by atoms with Crippen LogP contribution in [-0.2, 0) is 6.54 Å². The van der Waals surface area contributed by atoms with Crippen molar-refractivity contribution >= 4 is 11.8 Å². The van der Waals surface area contributed by atoms with Gasteiger partial charge >= 0.3 is 0 Å². The Balaban J connectivity index is 2.48. The van der Waals surface area contributed by atoms with Crippen LogP contribution in [0.15, 0.2) is 35.4 Å². The molecule has 0 saturated carbocycles. The predicted octanol–water partition coefficient (Wildman–Crippen LogP) is 3.53. The Morgan fingerprint density at radius 2 is 2.00 bits per heavy atom. The molecular weight excluding hydrogens is 254 g/mol. The van der Waals surface area contributed by atoms with E-state index in [9.17, 15) is 0 Å². The molecule has 0 bridgehead atoms. The number of para-hydroxylation sites is 1. The lowest BCUT2D eigenvalue weighted by Gasteiger charge is -2.12. The Hall–Kier alpha value is -1.26. The number of aryl methyl sites for hydroxylation is 1. The smallest absolute Gasteiger partial charge is 0.105 e. The van der Waals surface area contributed by atoms with Crippen LogP contribution in [0.4, 0.5) is 0 Å². The van der Waals surface area contributed by atoms with E-state index in [2.05, 4.69) is 31.1 Å². The second-order valence-electron chi connectivity index (χ2n) is 4.66. The van der Waals surface area contributed by atoms with Crippen molar-refractivity contribution in [1.82, 2.24) is 9.78 Å². The zero-order valence-corrected chi connectivity index (χ0v) is 12.6. The molecule has 1 unspecified atom stereocenters. The summed E-state index contributed by atoms with van der Waals surface area (Å²) >= 11 is 1.86. The summed E-state index contributed by atoms with van der Waals surface area (Å²) < 4.78 is 2.02. The molecule has 2 rings (SSSR count). The van der Waals surface area contributed by atoms with Crippen LogP contribution >= 0.6 is 11.8 Å². The fourth-order valence-electron chi connectivity index (χ4n) is 1.91. The molecule has 0 amide bonds. The second-order valence-corrected chi connectivity index (χ2v) is 6.08. The molecule has 19 heavy (non-hydrogen) atoms. The summed E-state index contributed by atoms with van der Waals surface area (Å²) in [6.07, 6.45) is 1.13. The number of rotatable bonds is 5. The van der Waals surface area contributed by atoms with Crippen LogP contribution in [0.5, 0.6) is 0 Å². The number of hydrogen-bond donors (Lipinski definition) is 1. The largest absolute Gasteiger partial charge is 0.326 e. The molecule has 0 radical (unpaired) electrons. The fourth-order valence-corrected chi connectivity index (χ4v) is 3.08. The van der Waals surface area contributed by atoms with E-state index in [1.165, 1.54) is 5.03 Å². The third kappa shape index (κ3) is 3.01. The maximum atomic E-state index is 5.89. The van der Waals surface area contributed by atoms with Crippen LogP contribution in [0.2, 0.25) is 0 Å². The Morgan fingerprint density at radius 3 is 2.58 bits per heavy atom. The maximum absolute atomic E-state index is 5.89. The molecule has 2 N–H and O–H groups in total. The molecule has 0 spiro atoms. The number of aromatic nitrogens is 2. The molecule has 3 nitrogen and oxygen atoms in total. The SMILES string of the molecule is CCC(C)Sc1c(CN)c(C)nn1-c1ccccc1. The molecule has 1 heterocycles. The van der Waals surface area contributed by atoms with Gasteiger partial charge in [0.25, 0.3) is 0 Å². The number of nitrogens with two attached hydrogens (primary N) is 1. The molecule has 0 aliphatic carbocycles. The molecule has 2 aromatic rings. The van der Waals surface area contributed by atoms with Gasteiger partial charge in [-0.2, -0.15) is 5.10 Å². The van der Waals surface area contributed by atoms with Crippen LogP contribution in [0.3, 0.4) is 0 Å². The number of nitrogens with zero attached hydrogens (tertiary/aromatic N) is 2. The molecule has 1 atom stereocenters. The van der Waals surface area contributed by atoms with Gasteiger partial charge in [-0.3, -0.25) is 0 Å². The van der Waals surface area contributed by atoms with Gasteiger partial charge in [0, 0.05) is 17.4 Å². The molecule has 1 aromatic carbocycles. The van der Waals surface area contributed by atoms with Crippen LogP contribution in [0.25, 0.3) is 5.69 Å². The van der Waals surface area contributed by atoms with Crippen LogP contribution in [0, 0.1) is 6.92 Å². The van der Waals surface area contributed by atoms with Crippen LogP contribution < -0.4 is 5.73 Å². The zero-order valence-electron chi connectivity index (χ0n) is 11.8. The van der Waals surface area contributed by atoms with Crippen molar-refractivity contribution in [2.45, 2.75) is 44.0 Å². The minimum atomic E-state index is 0.539. The van der Waals surface area contributed by atoms with E-state index in [1.807, 2.05) is 41.6 Å². The van der Waals surface area contributed by atoms with Gasteiger partial charge in [-0.05, 0) is 25.5 Å². The summed E-state index contributed by atoms with van der Waals surface area (Å²) in [5, 5.41) is 6.40. The summed E-state index contributed by atoms with van der Waals surface area (Å²) in [4.78, 5) is 0. The highest BCUT2D eigenvalue weighted by Crippen LogP contribution is 2.32. The molecule has 0 aliphatic rings. The fraction of sp³-hybridized carbons (Fsp3) is 0.400. The molecule has 0 fully saturated rings. The lowest BCUT2D eigenvalue weighted by molar-refractivity contribution is 0.782. The van der Waals surface area contributed by atoms with Gasteiger partial charge in [0.1, 0.15) is 5.03 Å². The van der Waals surface area contributed by atoms with Crippen molar-refractivity contribution in [3.8, 4) is 5.69 Å². The summed E-state index contributed by atoms with van der Waals surface area (Å²) in [5.41, 5.74) is 9.17. The molecule has 0 aliphatic heterocycles. The summed E-state index contributed by atoms with van der Waals surface area (Å²) in [6, 6.07) is 10.2. The van der Waals surface area contributed by atoms with Gasteiger partial charge in [0.15, 0.2) is 0 Å².